The number of hydrogen-bond acceptors (Lipinski definition) is 3. The minimum absolute atomic E-state index is 0.0434. The van der Waals surface area contributed by atoms with Gasteiger partial charge in [0.05, 0.1) is 11.4 Å². The van der Waals surface area contributed by atoms with Gasteiger partial charge in [-0.3, -0.25) is 0 Å². The van der Waals surface area contributed by atoms with E-state index in [1.54, 1.807) is 19.1 Å². The van der Waals surface area contributed by atoms with E-state index in [1.807, 2.05) is 13.8 Å². The summed E-state index contributed by atoms with van der Waals surface area (Å²) < 4.78 is 26.4. The Morgan fingerprint density at radius 2 is 1.95 bits per heavy atom. The van der Waals surface area contributed by atoms with Crippen LogP contribution in [0.2, 0.25) is 10.0 Å². The lowest BCUT2D eigenvalue weighted by Crippen LogP contribution is -2.44. The first-order valence-electron chi connectivity index (χ1n) is 6.17. The summed E-state index contributed by atoms with van der Waals surface area (Å²) in [5.41, 5.74) is -0.635. The number of rotatable bonds is 6. The third-order valence-electron chi connectivity index (χ3n) is 3.25. The maximum absolute atomic E-state index is 12.0. The predicted octanol–water partition coefficient (Wildman–Crippen LogP) is 2.82. The molecule has 1 aromatic carbocycles. The SMILES string of the molecule is CC(C)C(C)(O)CNS(=O)(=O)Cc1ccc(Cl)cc1Cl. The monoisotopic (exact) mass is 339 g/mol. The number of benzene rings is 1. The summed E-state index contributed by atoms with van der Waals surface area (Å²) in [6, 6.07) is 4.66. The highest BCUT2D eigenvalue weighted by Crippen LogP contribution is 2.23. The van der Waals surface area contributed by atoms with Crippen LogP contribution < -0.4 is 4.72 Å². The van der Waals surface area contributed by atoms with E-state index in [9.17, 15) is 13.5 Å². The number of hydrogen-bond donors (Lipinski definition) is 2. The molecule has 0 saturated heterocycles. The molecule has 114 valence electrons. The van der Waals surface area contributed by atoms with Crippen LogP contribution >= 0.6 is 23.2 Å². The summed E-state index contributed by atoms with van der Waals surface area (Å²) >= 11 is 11.7. The topological polar surface area (TPSA) is 66.4 Å². The molecule has 1 aromatic rings. The van der Waals surface area contributed by atoms with Crippen molar-refractivity contribution in [1.82, 2.24) is 4.72 Å². The molecule has 0 amide bonds. The normalized spacial score (nSPS) is 15.3. The van der Waals surface area contributed by atoms with Crippen LogP contribution in [-0.2, 0) is 15.8 Å². The van der Waals surface area contributed by atoms with Gasteiger partial charge in [-0.1, -0.05) is 43.1 Å². The summed E-state index contributed by atoms with van der Waals surface area (Å²) in [4.78, 5) is 0. The molecular weight excluding hydrogens is 321 g/mol. The van der Waals surface area contributed by atoms with Crippen molar-refractivity contribution in [2.75, 3.05) is 6.54 Å². The summed E-state index contributed by atoms with van der Waals surface area (Å²) in [6.45, 7) is 5.20. The average Bonchev–Trinajstić information content (AvgIpc) is 2.30. The van der Waals surface area contributed by atoms with E-state index in [-0.39, 0.29) is 18.2 Å². The Morgan fingerprint density at radius 1 is 1.35 bits per heavy atom. The molecule has 0 fully saturated rings. The van der Waals surface area contributed by atoms with E-state index in [2.05, 4.69) is 4.72 Å². The molecule has 1 unspecified atom stereocenters. The molecule has 0 saturated carbocycles. The van der Waals surface area contributed by atoms with Gasteiger partial charge in [0, 0.05) is 16.6 Å². The standard InChI is InChI=1S/C13H19Cl2NO3S/c1-9(2)13(3,17)8-16-20(18,19)7-10-4-5-11(14)6-12(10)15/h4-6,9,16-17H,7-8H2,1-3H3. The van der Waals surface area contributed by atoms with Crippen molar-refractivity contribution in [3.8, 4) is 0 Å². The molecule has 4 nitrogen and oxygen atoms in total. The summed E-state index contributed by atoms with van der Waals surface area (Å²) in [7, 11) is -3.57. The first-order chi connectivity index (χ1) is 9.03. The largest absolute Gasteiger partial charge is 0.389 e. The highest BCUT2D eigenvalue weighted by molar-refractivity contribution is 7.88. The molecule has 0 heterocycles. The van der Waals surface area contributed by atoms with Crippen LogP contribution in [0.4, 0.5) is 0 Å². The zero-order valence-corrected chi connectivity index (χ0v) is 14.0. The number of halogens is 2. The second-order valence-corrected chi connectivity index (χ2v) is 7.98. The molecule has 0 radical (unpaired) electrons. The van der Waals surface area contributed by atoms with Gasteiger partial charge in [-0.2, -0.15) is 0 Å². The zero-order chi connectivity index (χ0) is 15.6. The van der Waals surface area contributed by atoms with Crippen molar-refractivity contribution < 1.29 is 13.5 Å². The minimum atomic E-state index is -3.57. The molecule has 2 N–H and O–H groups in total. The van der Waals surface area contributed by atoms with Gasteiger partial charge in [0.15, 0.2) is 0 Å². The van der Waals surface area contributed by atoms with E-state index < -0.39 is 15.6 Å². The fraction of sp³-hybridized carbons (Fsp3) is 0.538. The van der Waals surface area contributed by atoms with Crippen molar-refractivity contribution in [2.24, 2.45) is 5.92 Å². The van der Waals surface area contributed by atoms with Crippen molar-refractivity contribution >= 4 is 33.2 Å². The maximum atomic E-state index is 12.0. The Balaban J connectivity index is 2.76. The number of sulfonamides is 1. The van der Waals surface area contributed by atoms with Gasteiger partial charge >= 0.3 is 0 Å². The van der Waals surface area contributed by atoms with Gasteiger partial charge in [-0.25, -0.2) is 13.1 Å². The molecule has 0 aliphatic heterocycles. The van der Waals surface area contributed by atoms with E-state index in [0.717, 1.165) is 0 Å². The molecule has 20 heavy (non-hydrogen) atoms. The van der Waals surface area contributed by atoms with Gasteiger partial charge in [0.1, 0.15) is 0 Å². The van der Waals surface area contributed by atoms with Crippen LogP contribution in [0.1, 0.15) is 26.3 Å². The van der Waals surface area contributed by atoms with Crippen molar-refractivity contribution in [2.45, 2.75) is 32.1 Å². The Hall–Kier alpha value is -0.330. The minimum Gasteiger partial charge on any atom is -0.389 e. The van der Waals surface area contributed by atoms with Crippen molar-refractivity contribution in [3.63, 3.8) is 0 Å². The second-order valence-electron chi connectivity index (χ2n) is 5.33. The molecule has 0 aromatic heterocycles. The van der Waals surface area contributed by atoms with Crippen LogP contribution in [0.3, 0.4) is 0 Å². The number of aliphatic hydroxyl groups is 1. The molecule has 0 aliphatic rings. The smallest absolute Gasteiger partial charge is 0.215 e. The second kappa shape index (κ2) is 6.62. The predicted molar refractivity (Wildman–Crippen MR) is 82.6 cm³/mol. The molecule has 0 aliphatic carbocycles. The molecular formula is C13H19Cl2NO3S. The van der Waals surface area contributed by atoms with Gasteiger partial charge in [-0.05, 0) is 30.5 Å². The Bertz CT molecular complexity index is 571. The summed E-state index contributed by atoms with van der Waals surface area (Å²) in [5, 5.41) is 10.8. The van der Waals surface area contributed by atoms with Gasteiger partial charge in [0.2, 0.25) is 10.0 Å². The van der Waals surface area contributed by atoms with Gasteiger partial charge in [-0.15, -0.1) is 0 Å². The zero-order valence-electron chi connectivity index (χ0n) is 11.7. The lowest BCUT2D eigenvalue weighted by molar-refractivity contribution is 0.0190. The lowest BCUT2D eigenvalue weighted by atomic mass is 9.93. The van der Waals surface area contributed by atoms with E-state index >= 15 is 0 Å². The lowest BCUT2D eigenvalue weighted by Gasteiger charge is -2.27. The molecule has 1 rings (SSSR count). The Kier molecular flexibility index (Phi) is 5.87. The first kappa shape index (κ1) is 17.7. The van der Waals surface area contributed by atoms with Crippen LogP contribution in [0.5, 0.6) is 0 Å². The van der Waals surface area contributed by atoms with Crippen LogP contribution in [0.25, 0.3) is 0 Å². The molecule has 1 atom stereocenters. The molecule has 7 heteroatoms. The summed E-state index contributed by atoms with van der Waals surface area (Å²) in [5.74, 6) is -0.318. The highest BCUT2D eigenvalue weighted by Gasteiger charge is 2.27. The van der Waals surface area contributed by atoms with Crippen LogP contribution in [-0.4, -0.2) is 25.7 Å². The van der Waals surface area contributed by atoms with Crippen LogP contribution in [0.15, 0.2) is 18.2 Å². The van der Waals surface area contributed by atoms with Gasteiger partial charge < -0.3 is 5.11 Å². The fourth-order valence-electron chi connectivity index (χ4n) is 1.35. The molecule has 0 spiro atoms. The third kappa shape index (κ3) is 5.22. The number of nitrogens with one attached hydrogen (secondary N) is 1. The van der Waals surface area contributed by atoms with E-state index in [4.69, 9.17) is 23.2 Å². The van der Waals surface area contributed by atoms with Crippen LogP contribution in [0, 0.1) is 5.92 Å². The quantitative estimate of drug-likeness (QED) is 0.837. The maximum Gasteiger partial charge on any atom is 0.215 e. The third-order valence-corrected chi connectivity index (χ3v) is 5.12. The van der Waals surface area contributed by atoms with Crippen molar-refractivity contribution in [1.29, 1.82) is 0 Å². The summed E-state index contributed by atoms with van der Waals surface area (Å²) in [6.07, 6.45) is 0. The molecule has 0 bridgehead atoms. The van der Waals surface area contributed by atoms with Gasteiger partial charge in [0.25, 0.3) is 0 Å². The van der Waals surface area contributed by atoms with E-state index in [0.29, 0.717) is 15.6 Å². The first-order valence-corrected chi connectivity index (χ1v) is 8.58. The highest BCUT2D eigenvalue weighted by atomic mass is 35.5. The van der Waals surface area contributed by atoms with E-state index in [1.165, 1.54) is 6.07 Å². The Morgan fingerprint density at radius 3 is 2.45 bits per heavy atom. The Labute approximate surface area is 130 Å². The van der Waals surface area contributed by atoms with Crippen molar-refractivity contribution in [3.05, 3.63) is 33.8 Å². The fourth-order valence-corrected chi connectivity index (χ4v) is 3.18. The average molecular weight is 340 g/mol.